The van der Waals surface area contributed by atoms with Crippen molar-refractivity contribution >= 4 is 17.3 Å². The predicted molar refractivity (Wildman–Crippen MR) is 143 cm³/mol. The molecule has 2 aliphatic heterocycles. The lowest BCUT2D eigenvalue weighted by Gasteiger charge is -2.43. The van der Waals surface area contributed by atoms with Crippen molar-refractivity contribution in [3.8, 4) is 0 Å². The number of hydrogen-bond acceptors (Lipinski definition) is 6. The number of oxime groups is 1. The van der Waals surface area contributed by atoms with Crippen molar-refractivity contribution in [3.63, 3.8) is 0 Å². The van der Waals surface area contributed by atoms with Crippen LogP contribution in [0.5, 0.6) is 0 Å². The second-order valence-electron chi connectivity index (χ2n) is 10.4. The number of ether oxygens (including phenoxy) is 1. The number of aromatic carboxylic acids is 1. The van der Waals surface area contributed by atoms with Gasteiger partial charge in [0.15, 0.2) is 0 Å². The van der Waals surface area contributed by atoms with Crippen LogP contribution < -0.4 is 0 Å². The topological polar surface area (TPSA) is 84.2 Å². The molecule has 1 aromatic carbocycles. The SMILES string of the molecule is CCOC1=C(C)C=C(c2ccc(F)nc2)C(CN2CCC3(CCC(c4ccc(C(=O)O)cc4)=NO3)CC2)C1. The summed E-state index contributed by atoms with van der Waals surface area (Å²) in [4.78, 5) is 23.6. The predicted octanol–water partition coefficient (Wildman–Crippen LogP) is 5.68. The number of benzene rings is 1. The van der Waals surface area contributed by atoms with Crippen LogP contribution in [0.4, 0.5) is 4.39 Å². The maximum Gasteiger partial charge on any atom is 0.335 e. The van der Waals surface area contributed by atoms with Gasteiger partial charge in [-0.05, 0) is 73.2 Å². The summed E-state index contributed by atoms with van der Waals surface area (Å²) in [6.07, 6.45) is 8.11. The molecule has 1 fully saturated rings. The Hall–Kier alpha value is -3.52. The Balaban J connectivity index is 1.23. The summed E-state index contributed by atoms with van der Waals surface area (Å²) in [7, 11) is 0. The summed E-state index contributed by atoms with van der Waals surface area (Å²) in [5.41, 5.74) is 5.03. The third kappa shape index (κ3) is 5.65. The number of halogens is 1. The number of allylic oxidation sites excluding steroid dienone is 3. The minimum Gasteiger partial charge on any atom is -0.498 e. The quantitative estimate of drug-likeness (QED) is 0.474. The van der Waals surface area contributed by atoms with Crippen LogP contribution in [-0.2, 0) is 9.57 Å². The van der Waals surface area contributed by atoms with Gasteiger partial charge in [-0.3, -0.25) is 0 Å². The molecule has 1 N–H and O–H groups in total. The first-order valence-corrected chi connectivity index (χ1v) is 13.3. The van der Waals surface area contributed by atoms with E-state index in [9.17, 15) is 9.18 Å². The van der Waals surface area contributed by atoms with E-state index in [2.05, 4.69) is 28.0 Å². The second kappa shape index (κ2) is 11.1. The van der Waals surface area contributed by atoms with Gasteiger partial charge in [0.05, 0.1) is 23.6 Å². The van der Waals surface area contributed by atoms with E-state index in [1.807, 2.05) is 13.0 Å². The van der Waals surface area contributed by atoms with Crippen LogP contribution in [-0.4, -0.2) is 58.5 Å². The number of carboxylic acids is 1. The van der Waals surface area contributed by atoms with Crippen LogP contribution in [0.25, 0.3) is 5.57 Å². The lowest BCUT2D eigenvalue weighted by atomic mass is 9.81. The van der Waals surface area contributed by atoms with Crippen molar-refractivity contribution < 1.29 is 23.9 Å². The van der Waals surface area contributed by atoms with Gasteiger partial charge in [0.1, 0.15) is 5.60 Å². The number of nitrogens with zero attached hydrogens (tertiary/aromatic N) is 3. The van der Waals surface area contributed by atoms with Crippen LogP contribution >= 0.6 is 0 Å². The van der Waals surface area contributed by atoms with Gasteiger partial charge in [-0.25, -0.2) is 9.78 Å². The molecule has 1 spiro atoms. The largest absolute Gasteiger partial charge is 0.498 e. The molecule has 1 unspecified atom stereocenters. The van der Waals surface area contributed by atoms with E-state index in [1.54, 1.807) is 30.5 Å². The molecule has 1 aliphatic carbocycles. The van der Waals surface area contributed by atoms with Gasteiger partial charge in [0.2, 0.25) is 5.95 Å². The molecule has 3 aliphatic rings. The molecule has 38 heavy (non-hydrogen) atoms. The van der Waals surface area contributed by atoms with Crippen molar-refractivity contribution in [2.24, 2.45) is 11.1 Å². The minimum absolute atomic E-state index is 0.229. The molecule has 5 rings (SSSR count). The Bertz CT molecular complexity index is 1260. The molecule has 1 aromatic heterocycles. The molecule has 200 valence electrons. The normalized spacial score (nSPS) is 21.5. The van der Waals surface area contributed by atoms with Crippen LogP contribution in [0, 0.1) is 11.9 Å². The average Bonchev–Trinajstić information content (AvgIpc) is 2.93. The Morgan fingerprint density at radius 2 is 1.89 bits per heavy atom. The molecular weight excluding hydrogens is 485 g/mol. The fraction of sp³-hybridized carbons (Fsp3) is 0.433. The molecule has 2 aromatic rings. The number of hydrogen-bond donors (Lipinski definition) is 1. The first-order chi connectivity index (χ1) is 18.4. The third-order valence-corrected chi connectivity index (χ3v) is 7.94. The van der Waals surface area contributed by atoms with Crippen molar-refractivity contribution in [1.29, 1.82) is 0 Å². The Labute approximate surface area is 222 Å². The minimum atomic E-state index is -0.936. The Morgan fingerprint density at radius 1 is 1.16 bits per heavy atom. The zero-order valence-electron chi connectivity index (χ0n) is 22.0. The van der Waals surface area contributed by atoms with Gasteiger partial charge in [-0.2, -0.15) is 4.39 Å². The highest BCUT2D eigenvalue weighted by atomic mass is 19.1. The maximum absolute atomic E-state index is 13.5. The number of carbonyl (C=O) groups is 1. The molecule has 0 amide bonds. The summed E-state index contributed by atoms with van der Waals surface area (Å²) < 4.78 is 19.4. The summed E-state index contributed by atoms with van der Waals surface area (Å²) >= 11 is 0. The van der Waals surface area contributed by atoms with Gasteiger partial charge < -0.3 is 19.6 Å². The van der Waals surface area contributed by atoms with Crippen LogP contribution in [0.15, 0.2) is 65.2 Å². The average molecular weight is 520 g/mol. The second-order valence-corrected chi connectivity index (χ2v) is 10.4. The van der Waals surface area contributed by atoms with Crippen molar-refractivity contribution in [1.82, 2.24) is 9.88 Å². The highest BCUT2D eigenvalue weighted by molar-refractivity contribution is 6.01. The fourth-order valence-electron chi connectivity index (χ4n) is 5.69. The van der Waals surface area contributed by atoms with E-state index in [0.29, 0.717) is 6.61 Å². The van der Waals surface area contributed by atoms with E-state index in [0.717, 1.165) is 79.9 Å². The van der Waals surface area contributed by atoms with E-state index >= 15 is 0 Å². The summed E-state index contributed by atoms with van der Waals surface area (Å²) in [5, 5.41) is 13.6. The lowest BCUT2D eigenvalue weighted by molar-refractivity contribution is -0.0948. The summed E-state index contributed by atoms with van der Waals surface area (Å²) in [6.45, 7) is 7.42. The standard InChI is InChI=1S/C30H34FN3O4/c1-3-37-27-17-24(25(16-20(27)2)23-8-9-28(31)32-18-23)19-34-14-12-30(13-15-34)11-10-26(33-38-30)21-4-6-22(7-5-21)29(35)36/h4-9,16,18,24H,3,10-15,17,19H2,1-2H3,(H,35,36). The van der Waals surface area contributed by atoms with Gasteiger partial charge >= 0.3 is 5.97 Å². The number of piperidine rings is 1. The number of aromatic nitrogens is 1. The van der Waals surface area contributed by atoms with Crippen molar-refractivity contribution in [2.45, 2.75) is 51.6 Å². The maximum atomic E-state index is 13.5. The number of carboxylic acid groups (broad SMARTS) is 1. The molecule has 0 radical (unpaired) electrons. The molecule has 1 saturated heterocycles. The molecular formula is C30H34FN3O4. The first kappa shape index (κ1) is 26.1. The highest BCUT2D eigenvalue weighted by Crippen LogP contribution is 2.39. The monoisotopic (exact) mass is 519 g/mol. The highest BCUT2D eigenvalue weighted by Gasteiger charge is 2.40. The molecule has 0 saturated carbocycles. The number of likely N-dealkylation sites (tertiary alicyclic amines) is 1. The van der Waals surface area contributed by atoms with Crippen molar-refractivity contribution in [3.05, 3.63) is 82.6 Å². The first-order valence-electron chi connectivity index (χ1n) is 13.3. The Morgan fingerprint density at radius 3 is 2.50 bits per heavy atom. The van der Waals surface area contributed by atoms with Gasteiger partial charge in [-0.1, -0.05) is 23.4 Å². The smallest absolute Gasteiger partial charge is 0.335 e. The molecule has 8 heteroatoms. The van der Waals surface area contributed by atoms with Gasteiger partial charge in [0, 0.05) is 51.0 Å². The Kier molecular flexibility index (Phi) is 7.61. The number of rotatable bonds is 7. The van der Waals surface area contributed by atoms with Gasteiger partial charge in [-0.15, -0.1) is 0 Å². The van der Waals surface area contributed by atoms with Gasteiger partial charge in [0.25, 0.3) is 0 Å². The molecule has 7 nitrogen and oxygen atoms in total. The van der Waals surface area contributed by atoms with Crippen molar-refractivity contribution in [2.75, 3.05) is 26.2 Å². The van der Waals surface area contributed by atoms with E-state index in [4.69, 9.17) is 14.7 Å². The number of pyridine rings is 1. The van der Waals surface area contributed by atoms with Crippen LogP contribution in [0.2, 0.25) is 0 Å². The molecule has 3 heterocycles. The van der Waals surface area contributed by atoms with E-state index in [1.165, 1.54) is 11.6 Å². The molecule has 0 bridgehead atoms. The van der Waals surface area contributed by atoms with Crippen LogP contribution in [0.1, 0.15) is 67.4 Å². The summed E-state index contributed by atoms with van der Waals surface area (Å²) in [5.74, 6) is -0.152. The fourth-order valence-corrected chi connectivity index (χ4v) is 5.69. The zero-order chi connectivity index (χ0) is 26.7. The summed E-state index contributed by atoms with van der Waals surface area (Å²) in [6, 6.07) is 10.0. The lowest BCUT2D eigenvalue weighted by Crippen LogP contribution is -2.48. The van der Waals surface area contributed by atoms with E-state index < -0.39 is 11.9 Å². The molecule has 1 atom stereocenters. The van der Waals surface area contributed by atoms with Crippen LogP contribution in [0.3, 0.4) is 0 Å². The third-order valence-electron chi connectivity index (χ3n) is 7.94. The zero-order valence-corrected chi connectivity index (χ0v) is 22.0. The van der Waals surface area contributed by atoms with E-state index in [-0.39, 0.29) is 17.1 Å².